The normalized spacial score (nSPS) is 15.7. The molecule has 6 heteroatoms. The predicted molar refractivity (Wildman–Crippen MR) is 48.6 cm³/mol. The zero-order chi connectivity index (χ0) is 11.0. The maximum atomic E-state index is 11.1. The van der Waals surface area contributed by atoms with Gasteiger partial charge in [0.25, 0.3) is 0 Å². The molecule has 0 saturated carbocycles. The molecule has 6 nitrogen and oxygen atoms in total. The Morgan fingerprint density at radius 3 is 2.93 bits per heavy atom. The highest BCUT2D eigenvalue weighted by atomic mass is 16.4. The second kappa shape index (κ2) is 3.23. The van der Waals surface area contributed by atoms with Gasteiger partial charge in [0, 0.05) is 6.92 Å². The molecule has 1 aliphatic rings. The quantitative estimate of drug-likeness (QED) is 0.729. The number of oxazole rings is 1. The molecular formula is C9H8N2O4. The zero-order valence-electron chi connectivity index (χ0n) is 7.90. The average molecular weight is 208 g/mol. The summed E-state index contributed by atoms with van der Waals surface area (Å²) < 4.78 is 5.15. The summed E-state index contributed by atoms with van der Waals surface area (Å²) in [5.74, 6) is -0.784. The van der Waals surface area contributed by atoms with Crippen molar-refractivity contribution in [1.29, 1.82) is 0 Å². The Morgan fingerprint density at radius 1 is 1.67 bits per heavy atom. The van der Waals surface area contributed by atoms with Gasteiger partial charge in [-0.1, -0.05) is 0 Å². The van der Waals surface area contributed by atoms with Crippen molar-refractivity contribution in [2.45, 2.75) is 13.3 Å². The third kappa shape index (κ3) is 1.61. The molecule has 0 aromatic carbocycles. The van der Waals surface area contributed by atoms with Crippen molar-refractivity contribution < 1.29 is 19.1 Å². The fraction of sp³-hybridized carbons (Fsp3) is 0.222. The number of amides is 1. The van der Waals surface area contributed by atoms with Gasteiger partial charge in [-0.25, -0.2) is 9.78 Å². The summed E-state index contributed by atoms with van der Waals surface area (Å²) in [5, 5.41) is 11.3. The van der Waals surface area contributed by atoms with E-state index in [9.17, 15) is 9.59 Å². The van der Waals surface area contributed by atoms with E-state index in [-0.39, 0.29) is 29.4 Å². The lowest BCUT2D eigenvalue weighted by molar-refractivity contribution is -0.133. The average Bonchev–Trinajstić information content (AvgIpc) is 2.71. The molecule has 1 aromatic heterocycles. The highest BCUT2D eigenvalue weighted by Gasteiger charge is 2.28. The Labute approximate surface area is 84.6 Å². The molecule has 0 atom stereocenters. The van der Waals surface area contributed by atoms with Crippen molar-refractivity contribution in [3.05, 3.63) is 23.4 Å². The van der Waals surface area contributed by atoms with Gasteiger partial charge in [-0.05, 0) is 0 Å². The molecule has 2 rings (SSSR count). The topological polar surface area (TPSA) is 92.4 Å². The predicted octanol–water partition coefficient (Wildman–Crippen LogP) is 0.299. The molecule has 78 valence electrons. The standard InChI is InChI=1S/C9H8N2O4/c1-4-10-3-6(15-4)8-5(9(13)14)2-7(12)11-8/h3H,2H2,1H3,(H,11,12)(H,13,14). The summed E-state index contributed by atoms with van der Waals surface area (Å²) in [6, 6.07) is 0. The van der Waals surface area contributed by atoms with Gasteiger partial charge in [0.1, 0.15) is 0 Å². The van der Waals surface area contributed by atoms with Gasteiger partial charge in [-0.15, -0.1) is 0 Å². The van der Waals surface area contributed by atoms with Crippen LogP contribution in [0.1, 0.15) is 18.1 Å². The van der Waals surface area contributed by atoms with Crippen molar-refractivity contribution in [3.8, 4) is 0 Å². The van der Waals surface area contributed by atoms with Crippen LogP contribution in [0, 0.1) is 6.92 Å². The van der Waals surface area contributed by atoms with E-state index in [1.807, 2.05) is 0 Å². The van der Waals surface area contributed by atoms with E-state index in [1.54, 1.807) is 6.92 Å². The van der Waals surface area contributed by atoms with Crippen LogP contribution in [0.15, 0.2) is 16.2 Å². The number of aryl methyl sites for hydroxylation is 1. The van der Waals surface area contributed by atoms with Crippen LogP contribution in [-0.2, 0) is 9.59 Å². The van der Waals surface area contributed by atoms with Gasteiger partial charge in [-0.2, -0.15) is 0 Å². The largest absolute Gasteiger partial charge is 0.478 e. The first-order chi connectivity index (χ1) is 7.08. The number of nitrogens with one attached hydrogen (secondary N) is 1. The van der Waals surface area contributed by atoms with Crippen molar-refractivity contribution in [2.75, 3.05) is 0 Å². The van der Waals surface area contributed by atoms with Crippen LogP contribution in [0.4, 0.5) is 0 Å². The lowest BCUT2D eigenvalue weighted by atomic mass is 10.2. The van der Waals surface area contributed by atoms with Gasteiger partial charge >= 0.3 is 5.97 Å². The molecule has 0 bridgehead atoms. The van der Waals surface area contributed by atoms with Crippen LogP contribution in [0.3, 0.4) is 0 Å². The van der Waals surface area contributed by atoms with Crippen LogP contribution in [0.5, 0.6) is 0 Å². The number of hydrogen-bond acceptors (Lipinski definition) is 4. The first kappa shape index (κ1) is 9.45. The molecule has 1 aliphatic heterocycles. The minimum absolute atomic E-state index is 0.0103. The lowest BCUT2D eigenvalue weighted by Gasteiger charge is -1.98. The van der Waals surface area contributed by atoms with Crippen LogP contribution in [0.2, 0.25) is 0 Å². The van der Waals surface area contributed by atoms with Crippen molar-refractivity contribution in [1.82, 2.24) is 10.3 Å². The smallest absolute Gasteiger partial charge is 0.334 e. The zero-order valence-corrected chi connectivity index (χ0v) is 7.90. The number of carbonyl (C=O) groups is 2. The minimum Gasteiger partial charge on any atom is -0.478 e. The number of aliphatic carboxylic acids is 1. The Bertz CT molecular complexity index is 472. The van der Waals surface area contributed by atoms with Gasteiger partial charge < -0.3 is 14.8 Å². The molecule has 0 fully saturated rings. The van der Waals surface area contributed by atoms with Gasteiger partial charge in [0.2, 0.25) is 5.91 Å². The number of rotatable bonds is 2. The van der Waals surface area contributed by atoms with Gasteiger partial charge in [0.05, 0.1) is 23.9 Å². The van der Waals surface area contributed by atoms with Gasteiger partial charge in [-0.3, -0.25) is 4.79 Å². The summed E-state index contributed by atoms with van der Waals surface area (Å²) in [5.41, 5.74) is 0.212. The lowest BCUT2D eigenvalue weighted by Crippen LogP contribution is -2.13. The Balaban J connectivity index is 2.45. The molecule has 0 spiro atoms. The van der Waals surface area contributed by atoms with E-state index >= 15 is 0 Å². The SMILES string of the molecule is Cc1ncc(C2=C(C(=O)O)CC(=O)N2)o1. The highest BCUT2D eigenvalue weighted by molar-refractivity contribution is 6.08. The molecular weight excluding hydrogens is 200 g/mol. The number of aromatic nitrogens is 1. The van der Waals surface area contributed by atoms with E-state index in [0.717, 1.165) is 0 Å². The first-order valence-corrected chi connectivity index (χ1v) is 4.27. The van der Waals surface area contributed by atoms with E-state index in [2.05, 4.69) is 10.3 Å². The molecule has 2 heterocycles. The first-order valence-electron chi connectivity index (χ1n) is 4.27. The Hall–Kier alpha value is -2.11. The summed E-state index contributed by atoms with van der Waals surface area (Å²) >= 11 is 0. The van der Waals surface area contributed by atoms with E-state index < -0.39 is 5.97 Å². The fourth-order valence-electron chi connectivity index (χ4n) is 1.38. The third-order valence-electron chi connectivity index (χ3n) is 2.03. The number of hydrogen-bond donors (Lipinski definition) is 2. The number of carbonyl (C=O) groups excluding carboxylic acids is 1. The second-order valence-electron chi connectivity index (χ2n) is 3.13. The van der Waals surface area contributed by atoms with Crippen LogP contribution in [-0.4, -0.2) is 22.0 Å². The van der Waals surface area contributed by atoms with Crippen LogP contribution in [0.25, 0.3) is 5.70 Å². The molecule has 1 aromatic rings. The Morgan fingerprint density at radius 2 is 2.40 bits per heavy atom. The van der Waals surface area contributed by atoms with Gasteiger partial charge in [0.15, 0.2) is 11.7 Å². The fourth-order valence-corrected chi connectivity index (χ4v) is 1.38. The summed E-state index contributed by atoms with van der Waals surface area (Å²) in [6.07, 6.45) is 1.25. The van der Waals surface area contributed by atoms with E-state index in [1.165, 1.54) is 6.20 Å². The van der Waals surface area contributed by atoms with Crippen molar-refractivity contribution >= 4 is 17.6 Å². The Kier molecular flexibility index (Phi) is 2.03. The molecule has 15 heavy (non-hydrogen) atoms. The van der Waals surface area contributed by atoms with Crippen molar-refractivity contribution in [2.24, 2.45) is 0 Å². The number of carboxylic acids is 1. The maximum absolute atomic E-state index is 11.1. The third-order valence-corrected chi connectivity index (χ3v) is 2.03. The molecule has 0 unspecified atom stereocenters. The summed E-state index contributed by atoms with van der Waals surface area (Å²) in [4.78, 5) is 25.7. The molecule has 0 radical (unpaired) electrons. The summed E-state index contributed by atoms with van der Waals surface area (Å²) in [7, 11) is 0. The molecule has 2 N–H and O–H groups in total. The summed E-state index contributed by atoms with van der Waals surface area (Å²) in [6.45, 7) is 1.64. The maximum Gasteiger partial charge on any atom is 0.334 e. The number of nitrogens with zero attached hydrogens (tertiary/aromatic N) is 1. The van der Waals surface area contributed by atoms with Crippen molar-refractivity contribution in [3.63, 3.8) is 0 Å². The van der Waals surface area contributed by atoms with E-state index in [4.69, 9.17) is 9.52 Å². The molecule has 0 aliphatic carbocycles. The molecule has 1 amide bonds. The number of carboxylic acid groups (broad SMARTS) is 1. The van der Waals surface area contributed by atoms with E-state index in [0.29, 0.717) is 5.89 Å². The monoisotopic (exact) mass is 208 g/mol. The second-order valence-corrected chi connectivity index (χ2v) is 3.13. The minimum atomic E-state index is -1.13. The highest BCUT2D eigenvalue weighted by Crippen LogP contribution is 2.24. The molecule has 0 saturated heterocycles. The van der Waals surface area contributed by atoms with Crippen LogP contribution >= 0.6 is 0 Å². The van der Waals surface area contributed by atoms with Crippen LogP contribution < -0.4 is 5.32 Å².